The molecule has 5 aliphatic rings. The highest BCUT2D eigenvalue weighted by Crippen LogP contribution is 2.46. The number of amides is 5. The third-order valence-corrected chi connectivity index (χ3v) is 11.8. The molecule has 1 saturated heterocycles. The maximum Gasteiger partial charge on any atom is 0.410 e. The van der Waals surface area contributed by atoms with E-state index in [0.717, 1.165) is 12.8 Å². The topological polar surface area (TPSA) is 181 Å². The van der Waals surface area contributed by atoms with Crippen molar-refractivity contribution < 1.29 is 46.3 Å². The minimum atomic E-state index is -3.92. The molecule has 3 heterocycles. The van der Waals surface area contributed by atoms with E-state index in [-0.39, 0.29) is 38.9 Å². The van der Waals surface area contributed by atoms with Gasteiger partial charge in [0.05, 0.1) is 18.3 Å². The average Bonchev–Trinajstić information content (AvgIpc) is 3.93. The van der Waals surface area contributed by atoms with Gasteiger partial charge in [-0.05, 0) is 70.9 Å². The fourth-order valence-electron chi connectivity index (χ4n) is 7.02. The Labute approximate surface area is 296 Å². The second kappa shape index (κ2) is 14.1. The van der Waals surface area contributed by atoms with Gasteiger partial charge in [0, 0.05) is 24.4 Å². The molecule has 1 aromatic carbocycles. The van der Waals surface area contributed by atoms with Gasteiger partial charge in [0.25, 0.3) is 5.91 Å². The highest BCUT2D eigenvalue weighted by molar-refractivity contribution is 7.91. The number of rotatable bonds is 5. The SMILES string of the molecule is CC(C)(C)OC(=O)N[C@H]1CCCCC/C=C/[C@H]2C[C@@]2(C(=O)NS(=O)(=O)C2CC2)NC(=O)[C@@H]2C[C@@H](OC(=O)N3Cc4cccc(F)c4C3)CN2C1=O. The highest BCUT2D eigenvalue weighted by atomic mass is 32.2. The van der Waals surface area contributed by atoms with Crippen LogP contribution in [0.4, 0.5) is 14.0 Å². The van der Waals surface area contributed by atoms with E-state index in [1.165, 1.54) is 15.9 Å². The maximum atomic E-state index is 14.4. The van der Waals surface area contributed by atoms with E-state index in [9.17, 15) is 36.8 Å². The maximum absolute atomic E-state index is 14.4. The van der Waals surface area contributed by atoms with Crippen LogP contribution in [0, 0.1) is 11.7 Å². The average molecular weight is 732 g/mol. The summed E-state index contributed by atoms with van der Waals surface area (Å²) in [5, 5.41) is 4.79. The summed E-state index contributed by atoms with van der Waals surface area (Å²) in [6.07, 6.45) is 5.10. The molecule has 3 N–H and O–H groups in total. The van der Waals surface area contributed by atoms with E-state index < -0.39 is 86.2 Å². The summed E-state index contributed by atoms with van der Waals surface area (Å²) in [7, 11) is -3.92. The van der Waals surface area contributed by atoms with Crippen molar-refractivity contribution in [3.63, 3.8) is 0 Å². The molecule has 0 aromatic heterocycles. The molecule has 0 spiro atoms. The highest BCUT2D eigenvalue weighted by Gasteiger charge is 2.62. The van der Waals surface area contributed by atoms with Crippen LogP contribution in [-0.4, -0.2) is 89.2 Å². The largest absolute Gasteiger partial charge is 0.444 e. The van der Waals surface area contributed by atoms with Crippen LogP contribution in [0.15, 0.2) is 30.4 Å². The van der Waals surface area contributed by atoms with Gasteiger partial charge in [0.1, 0.15) is 35.1 Å². The summed E-state index contributed by atoms with van der Waals surface area (Å²) < 4.78 is 53.3. The number of ether oxygens (including phenoxy) is 2. The summed E-state index contributed by atoms with van der Waals surface area (Å²) >= 11 is 0. The summed E-state index contributed by atoms with van der Waals surface area (Å²) in [6, 6.07) is 2.30. The first-order valence-corrected chi connectivity index (χ1v) is 19.2. The van der Waals surface area contributed by atoms with Crippen molar-refractivity contribution in [2.24, 2.45) is 5.92 Å². The third-order valence-electron chi connectivity index (χ3n) is 9.99. The number of allylic oxidation sites excluding steroid dienone is 1. The molecular formula is C35H46FN5O9S. The number of fused-ring (bicyclic) bond motifs is 3. The Kier molecular flexibility index (Phi) is 10.1. The molecular weight excluding hydrogens is 685 g/mol. The van der Waals surface area contributed by atoms with Gasteiger partial charge in [-0.25, -0.2) is 22.4 Å². The molecule has 14 nitrogen and oxygen atoms in total. The Balaban J connectivity index is 1.25. The summed E-state index contributed by atoms with van der Waals surface area (Å²) in [5.74, 6) is -3.06. The van der Waals surface area contributed by atoms with Crippen molar-refractivity contribution in [2.45, 2.75) is 126 Å². The summed E-state index contributed by atoms with van der Waals surface area (Å²) in [6.45, 7) is 5.01. The van der Waals surface area contributed by atoms with Crippen LogP contribution < -0.4 is 15.4 Å². The zero-order chi connectivity index (χ0) is 36.7. The lowest BCUT2D eigenvalue weighted by Crippen LogP contribution is -2.58. The lowest BCUT2D eigenvalue weighted by atomic mass is 10.0. The van der Waals surface area contributed by atoms with Crippen LogP contribution in [0.5, 0.6) is 0 Å². The second-order valence-electron chi connectivity index (χ2n) is 15.2. The summed E-state index contributed by atoms with van der Waals surface area (Å²) in [5.41, 5.74) is -1.36. The van der Waals surface area contributed by atoms with Crippen molar-refractivity contribution in [1.29, 1.82) is 0 Å². The molecule has 5 atom stereocenters. The lowest BCUT2D eigenvalue weighted by Gasteiger charge is -2.30. The Morgan fingerprint density at radius 1 is 1.06 bits per heavy atom. The third kappa shape index (κ3) is 8.31. The normalized spacial score (nSPS) is 28.9. The Bertz CT molecular complexity index is 1730. The van der Waals surface area contributed by atoms with Crippen LogP contribution in [0.1, 0.15) is 89.7 Å². The van der Waals surface area contributed by atoms with Crippen molar-refractivity contribution >= 4 is 39.9 Å². The van der Waals surface area contributed by atoms with Crippen LogP contribution in [0.2, 0.25) is 0 Å². The van der Waals surface area contributed by atoms with E-state index in [2.05, 4.69) is 15.4 Å². The van der Waals surface area contributed by atoms with Gasteiger partial charge < -0.3 is 25.0 Å². The first-order chi connectivity index (χ1) is 24.1. The predicted molar refractivity (Wildman–Crippen MR) is 180 cm³/mol. The molecule has 278 valence electrons. The van der Waals surface area contributed by atoms with Crippen molar-refractivity contribution in [3.8, 4) is 0 Å². The smallest absolute Gasteiger partial charge is 0.410 e. The number of halogens is 1. The molecule has 0 unspecified atom stereocenters. The first-order valence-electron chi connectivity index (χ1n) is 17.6. The monoisotopic (exact) mass is 731 g/mol. The molecule has 2 saturated carbocycles. The number of alkyl carbamates (subject to hydrolysis) is 1. The van der Waals surface area contributed by atoms with E-state index >= 15 is 0 Å². The van der Waals surface area contributed by atoms with Crippen LogP contribution in [-0.2, 0) is 47.0 Å². The zero-order valence-electron chi connectivity index (χ0n) is 29.1. The minimum Gasteiger partial charge on any atom is -0.444 e. The molecule has 2 aliphatic carbocycles. The van der Waals surface area contributed by atoms with Crippen molar-refractivity contribution in [3.05, 3.63) is 47.3 Å². The standard InChI is InChI=1S/C35H46FN5O9S/c1-34(2,3)50-32(45)37-27-13-8-6-4-5-7-11-22-17-35(22,31(44)39-51(47,48)24-14-15-24)38-29(42)28-16-23(19-41(28)30(27)43)49-33(46)40-18-21-10-9-12-26(36)25(21)20-40/h7,9-12,22-24,27-28H,4-6,8,13-20H2,1-3H3,(H,37,45)(H,38,42)(H,39,44)/b11-7+/t22-,23+,27-,28-,35+/m0/s1. The number of nitrogens with one attached hydrogen (secondary N) is 3. The number of benzene rings is 1. The van der Waals surface area contributed by atoms with Gasteiger partial charge >= 0.3 is 12.2 Å². The molecule has 0 bridgehead atoms. The molecule has 16 heteroatoms. The van der Waals surface area contributed by atoms with Gasteiger partial charge in [-0.3, -0.25) is 24.0 Å². The van der Waals surface area contributed by atoms with Crippen LogP contribution in [0.25, 0.3) is 0 Å². The molecule has 6 rings (SSSR count). The molecule has 1 aromatic rings. The Morgan fingerprint density at radius 2 is 1.82 bits per heavy atom. The number of sulfonamides is 1. The number of nitrogens with zero attached hydrogens (tertiary/aromatic N) is 2. The van der Waals surface area contributed by atoms with Crippen LogP contribution >= 0.6 is 0 Å². The van der Waals surface area contributed by atoms with E-state index in [1.807, 2.05) is 12.2 Å². The zero-order valence-corrected chi connectivity index (χ0v) is 29.9. The van der Waals surface area contributed by atoms with E-state index in [0.29, 0.717) is 36.8 Å². The number of carbonyl (C=O) groups is 5. The van der Waals surface area contributed by atoms with Gasteiger partial charge in [-0.15, -0.1) is 0 Å². The molecule has 0 radical (unpaired) electrons. The quantitative estimate of drug-likeness (QED) is 0.384. The Morgan fingerprint density at radius 3 is 2.53 bits per heavy atom. The summed E-state index contributed by atoms with van der Waals surface area (Å²) in [4.78, 5) is 70.8. The fourth-order valence-corrected chi connectivity index (χ4v) is 8.39. The molecule has 3 aliphatic heterocycles. The second-order valence-corrected chi connectivity index (χ2v) is 17.2. The van der Waals surface area contributed by atoms with Crippen molar-refractivity contribution in [2.75, 3.05) is 6.54 Å². The number of hydrogen-bond donors (Lipinski definition) is 3. The number of carbonyl (C=O) groups excluding carboxylic acids is 5. The first kappa shape index (κ1) is 36.6. The van der Waals surface area contributed by atoms with Gasteiger partial charge in [0.15, 0.2) is 0 Å². The Hall–Kier alpha value is -4.21. The number of hydrogen-bond acceptors (Lipinski definition) is 9. The van der Waals surface area contributed by atoms with E-state index in [4.69, 9.17) is 9.47 Å². The minimum absolute atomic E-state index is 0.00168. The van der Waals surface area contributed by atoms with Crippen molar-refractivity contribution in [1.82, 2.24) is 25.2 Å². The molecule has 51 heavy (non-hydrogen) atoms. The fraction of sp³-hybridized carbons (Fsp3) is 0.629. The van der Waals surface area contributed by atoms with Gasteiger partial charge in [0.2, 0.25) is 21.8 Å². The van der Waals surface area contributed by atoms with Crippen LogP contribution in [0.3, 0.4) is 0 Å². The molecule has 5 amide bonds. The molecule has 3 fully saturated rings. The van der Waals surface area contributed by atoms with Gasteiger partial charge in [-0.1, -0.05) is 37.1 Å². The van der Waals surface area contributed by atoms with Gasteiger partial charge in [-0.2, -0.15) is 0 Å². The predicted octanol–water partition coefficient (Wildman–Crippen LogP) is 3.14. The van der Waals surface area contributed by atoms with E-state index in [1.54, 1.807) is 32.9 Å². The lowest BCUT2D eigenvalue weighted by molar-refractivity contribution is -0.141.